The first-order valence-electron chi connectivity index (χ1n) is 3.26. The molecule has 0 amide bonds. The summed E-state index contributed by atoms with van der Waals surface area (Å²) in [6, 6.07) is 0. The van der Waals surface area contributed by atoms with Crippen molar-refractivity contribution in [3.8, 4) is 0 Å². The summed E-state index contributed by atoms with van der Waals surface area (Å²) in [5.74, 6) is 0. The van der Waals surface area contributed by atoms with Gasteiger partial charge in [0.05, 0.1) is 15.1 Å². The Morgan fingerprint density at radius 3 is 1.25 bits per heavy atom. The van der Waals surface area contributed by atoms with Gasteiger partial charge >= 0.3 is 0 Å². The van der Waals surface area contributed by atoms with Crippen molar-refractivity contribution < 1.29 is 0 Å². The normalized spacial score (nSPS) is 10.5. The summed E-state index contributed by atoms with van der Waals surface area (Å²) in [7, 11) is 0. The Morgan fingerprint density at radius 2 is 0.917 bits per heavy atom. The lowest BCUT2D eigenvalue weighted by molar-refractivity contribution is 1.38. The smallest absolute Gasteiger partial charge is 0.0784 e. The molecule has 0 unspecified atom stereocenters. The van der Waals surface area contributed by atoms with Gasteiger partial charge in [0, 0.05) is 5.02 Å². The van der Waals surface area contributed by atoms with Gasteiger partial charge in [0.1, 0.15) is 0 Å². The van der Waals surface area contributed by atoms with Gasteiger partial charge in [-0.25, -0.2) is 0 Å². The summed E-state index contributed by atoms with van der Waals surface area (Å²) in [5, 5.41) is 1.81. The second-order valence-corrected chi connectivity index (χ2v) is 4.02. The molecule has 0 radical (unpaired) electrons. The van der Waals surface area contributed by atoms with E-state index >= 15 is 0 Å². The molecule has 12 heavy (non-hydrogen) atoms. The third kappa shape index (κ3) is 1.54. The van der Waals surface area contributed by atoms with Crippen LogP contribution in [0.4, 0.5) is 0 Å². The fourth-order valence-corrected chi connectivity index (χ4v) is 1.90. The van der Waals surface area contributed by atoms with Gasteiger partial charge in [-0.1, -0.05) is 46.4 Å². The van der Waals surface area contributed by atoms with Crippen molar-refractivity contribution >= 4 is 46.4 Å². The first-order valence-corrected chi connectivity index (χ1v) is 4.77. The van der Waals surface area contributed by atoms with Crippen LogP contribution in [0.5, 0.6) is 0 Å². The zero-order chi connectivity index (χ0) is 9.46. The van der Waals surface area contributed by atoms with Gasteiger partial charge in [-0.15, -0.1) is 0 Å². The Bertz CT molecular complexity index is 225. The fraction of sp³-hybridized carbons (Fsp3) is 0.250. The lowest BCUT2D eigenvalue weighted by atomic mass is 10.1. The zero-order valence-electron chi connectivity index (χ0n) is 6.51. The minimum Gasteiger partial charge on any atom is -0.0836 e. The van der Waals surface area contributed by atoms with Gasteiger partial charge in [0.2, 0.25) is 0 Å². The predicted octanol–water partition coefficient (Wildman–Crippen LogP) is 4.92. The number of hydrogen-bond donors (Lipinski definition) is 0. The SMILES string of the molecule is Cc1c(Cl)c(C)c(Cl)c(Cl)c1Cl. The second kappa shape index (κ2) is 3.63. The van der Waals surface area contributed by atoms with E-state index in [-0.39, 0.29) is 0 Å². The molecule has 0 aromatic heterocycles. The van der Waals surface area contributed by atoms with Crippen LogP contribution in [-0.4, -0.2) is 0 Å². The molecule has 0 fully saturated rings. The van der Waals surface area contributed by atoms with E-state index in [9.17, 15) is 0 Å². The number of benzene rings is 1. The molecular weight excluding hydrogens is 238 g/mol. The van der Waals surface area contributed by atoms with Gasteiger partial charge in [0.25, 0.3) is 0 Å². The van der Waals surface area contributed by atoms with Gasteiger partial charge in [0.15, 0.2) is 0 Å². The van der Waals surface area contributed by atoms with Crippen LogP contribution in [0.1, 0.15) is 11.1 Å². The zero-order valence-corrected chi connectivity index (χ0v) is 9.54. The van der Waals surface area contributed by atoms with E-state index in [0.717, 1.165) is 11.1 Å². The minimum absolute atomic E-state index is 0.373. The molecule has 0 aliphatic rings. The molecule has 66 valence electrons. The standard InChI is InChI=1S/C8H6Cl4/c1-3-5(9)4(2)7(11)8(12)6(3)10/h1-2H3. The molecule has 0 nitrogen and oxygen atoms in total. The lowest BCUT2D eigenvalue weighted by Crippen LogP contribution is -1.86. The highest BCUT2D eigenvalue weighted by Crippen LogP contribution is 2.39. The molecule has 0 spiro atoms. The minimum atomic E-state index is 0.373. The number of hydrogen-bond acceptors (Lipinski definition) is 0. The Labute approximate surface area is 91.4 Å². The highest BCUT2D eigenvalue weighted by Gasteiger charge is 2.14. The maximum absolute atomic E-state index is 5.93. The molecule has 4 heteroatoms. The third-order valence-corrected chi connectivity index (χ3v) is 3.79. The Balaban J connectivity index is 3.60. The lowest BCUT2D eigenvalue weighted by Gasteiger charge is -2.09. The van der Waals surface area contributed by atoms with E-state index in [1.165, 1.54) is 0 Å². The average molecular weight is 244 g/mol. The summed E-state index contributed by atoms with van der Waals surface area (Å²) in [4.78, 5) is 0. The summed E-state index contributed by atoms with van der Waals surface area (Å²) in [6.07, 6.45) is 0. The van der Waals surface area contributed by atoms with Crippen LogP contribution in [0.25, 0.3) is 0 Å². The van der Waals surface area contributed by atoms with Crippen molar-refractivity contribution in [1.29, 1.82) is 0 Å². The summed E-state index contributed by atoms with van der Waals surface area (Å²) < 4.78 is 0. The van der Waals surface area contributed by atoms with Crippen LogP contribution in [-0.2, 0) is 0 Å². The molecule has 1 aromatic rings. The van der Waals surface area contributed by atoms with Crippen LogP contribution >= 0.6 is 46.4 Å². The van der Waals surface area contributed by atoms with E-state index < -0.39 is 0 Å². The second-order valence-electron chi connectivity index (χ2n) is 2.51. The topological polar surface area (TPSA) is 0 Å². The molecule has 0 saturated heterocycles. The quantitative estimate of drug-likeness (QED) is 0.448. The molecular formula is C8H6Cl4. The largest absolute Gasteiger partial charge is 0.0836 e. The van der Waals surface area contributed by atoms with Crippen LogP contribution in [0, 0.1) is 13.8 Å². The Morgan fingerprint density at radius 1 is 0.583 bits per heavy atom. The molecule has 0 saturated carbocycles. The van der Waals surface area contributed by atoms with Crippen molar-refractivity contribution in [2.75, 3.05) is 0 Å². The molecule has 0 atom stereocenters. The van der Waals surface area contributed by atoms with Crippen LogP contribution in [0.15, 0.2) is 0 Å². The molecule has 1 rings (SSSR count). The van der Waals surface area contributed by atoms with Crippen LogP contribution < -0.4 is 0 Å². The molecule has 0 aliphatic heterocycles. The monoisotopic (exact) mass is 242 g/mol. The maximum atomic E-state index is 5.93. The van der Waals surface area contributed by atoms with E-state index in [2.05, 4.69) is 0 Å². The summed E-state index contributed by atoms with van der Waals surface area (Å²) in [5.41, 5.74) is 1.54. The number of halogens is 4. The molecule has 0 aliphatic carbocycles. The summed E-state index contributed by atoms with van der Waals surface area (Å²) >= 11 is 23.5. The maximum Gasteiger partial charge on any atom is 0.0784 e. The molecule has 0 bridgehead atoms. The Hall–Kier alpha value is 0.380. The van der Waals surface area contributed by atoms with Gasteiger partial charge in [-0.3, -0.25) is 0 Å². The summed E-state index contributed by atoms with van der Waals surface area (Å²) in [6.45, 7) is 3.61. The fourth-order valence-electron chi connectivity index (χ4n) is 0.900. The Kier molecular flexibility index (Phi) is 3.16. The van der Waals surface area contributed by atoms with E-state index in [1.54, 1.807) is 13.8 Å². The van der Waals surface area contributed by atoms with E-state index in [4.69, 9.17) is 46.4 Å². The van der Waals surface area contributed by atoms with Gasteiger partial charge < -0.3 is 0 Å². The van der Waals surface area contributed by atoms with Crippen molar-refractivity contribution in [2.24, 2.45) is 0 Å². The van der Waals surface area contributed by atoms with Gasteiger partial charge in [-0.05, 0) is 25.0 Å². The molecule has 0 N–H and O–H groups in total. The predicted molar refractivity (Wildman–Crippen MR) is 56.0 cm³/mol. The number of rotatable bonds is 0. The first-order chi connectivity index (χ1) is 5.46. The van der Waals surface area contributed by atoms with E-state index in [0.29, 0.717) is 20.1 Å². The third-order valence-electron chi connectivity index (χ3n) is 1.70. The van der Waals surface area contributed by atoms with Crippen LogP contribution in [0.2, 0.25) is 20.1 Å². The van der Waals surface area contributed by atoms with Crippen molar-refractivity contribution in [3.63, 3.8) is 0 Å². The van der Waals surface area contributed by atoms with E-state index in [1.807, 2.05) is 0 Å². The molecule has 1 aromatic carbocycles. The first kappa shape index (κ1) is 10.5. The van der Waals surface area contributed by atoms with Crippen molar-refractivity contribution in [3.05, 3.63) is 31.2 Å². The van der Waals surface area contributed by atoms with Crippen molar-refractivity contribution in [2.45, 2.75) is 13.8 Å². The van der Waals surface area contributed by atoms with Crippen LogP contribution in [0.3, 0.4) is 0 Å². The van der Waals surface area contributed by atoms with Crippen molar-refractivity contribution in [1.82, 2.24) is 0 Å². The average Bonchev–Trinajstić information content (AvgIpc) is 2.08. The highest BCUT2D eigenvalue weighted by molar-refractivity contribution is 6.50. The van der Waals surface area contributed by atoms with Gasteiger partial charge in [-0.2, -0.15) is 0 Å². The highest BCUT2D eigenvalue weighted by atomic mass is 35.5. The molecule has 0 heterocycles.